The summed E-state index contributed by atoms with van der Waals surface area (Å²) in [5.41, 5.74) is 5.86. The number of methoxy groups -OCH3 is 1. The first-order valence-corrected chi connectivity index (χ1v) is 12.4. The molecule has 4 rings (SSSR count). The summed E-state index contributed by atoms with van der Waals surface area (Å²) in [5, 5.41) is 11.9. The maximum absolute atomic E-state index is 13.6. The molecule has 5 nitrogen and oxygen atoms in total. The number of amides is 1. The molecule has 1 amide bonds. The molecule has 0 unspecified atom stereocenters. The number of aryl methyl sites for hydroxylation is 1. The van der Waals surface area contributed by atoms with Crippen LogP contribution >= 0.6 is 11.3 Å². The minimum absolute atomic E-state index is 0.0718. The minimum Gasteiger partial charge on any atom is -0.496 e. The highest BCUT2D eigenvalue weighted by atomic mass is 32.1. The fraction of sp³-hybridized carbons (Fsp3) is 0.444. The topological polar surface area (TPSA) is 54.7 Å². The van der Waals surface area contributed by atoms with E-state index in [0.717, 1.165) is 41.3 Å². The van der Waals surface area contributed by atoms with Crippen LogP contribution in [0.15, 0.2) is 35.7 Å². The van der Waals surface area contributed by atoms with Crippen LogP contribution in [0.1, 0.15) is 49.3 Å². The zero-order valence-corrected chi connectivity index (χ0v) is 21.3. The van der Waals surface area contributed by atoms with E-state index in [-0.39, 0.29) is 12.5 Å². The summed E-state index contributed by atoms with van der Waals surface area (Å²) < 4.78 is 7.91. The number of likely N-dealkylation sites (N-methyl/N-ethyl adjacent to an activating group) is 1. The lowest BCUT2D eigenvalue weighted by atomic mass is 9.91. The van der Waals surface area contributed by atoms with Gasteiger partial charge in [0.15, 0.2) is 0 Å². The van der Waals surface area contributed by atoms with E-state index in [9.17, 15) is 9.90 Å². The lowest BCUT2D eigenvalue weighted by molar-refractivity contribution is 0.0463. The number of hydrogen-bond donors (Lipinski definition) is 1. The first-order valence-electron chi connectivity index (χ1n) is 11.5. The standard InChI is InChI=1S/C27H34N2O3S/c1-17(2)12-19-13-20-18(14-23(19)32-6)9-10-29-22(26(31)28(5)27(3,4)16-30)15-21(25(20)29)24-8-7-11-33-24/h7-8,11,13-15,17,30H,9-10,12,16H2,1-6H3. The molecule has 0 aliphatic carbocycles. The normalized spacial score (nSPS) is 13.1. The molecule has 0 radical (unpaired) electrons. The van der Waals surface area contributed by atoms with Crippen molar-refractivity contribution in [3.05, 3.63) is 52.5 Å². The molecule has 33 heavy (non-hydrogen) atoms. The van der Waals surface area contributed by atoms with Crippen LogP contribution in [0, 0.1) is 5.92 Å². The van der Waals surface area contributed by atoms with Crippen molar-refractivity contribution in [1.82, 2.24) is 9.47 Å². The Morgan fingerprint density at radius 3 is 2.64 bits per heavy atom. The van der Waals surface area contributed by atoms with Crippen molar-refractivity contribution in [3.8, 4) is 27.4 Å². The molecule has 0 saturated heterocycles. The lowest BCUT2D eigenvalue weighted by Gasteiger charge is -2.34. The number of ether oxygens (including phenoxy) is 1. The molecule has 1 aliphatic rings. The molecular weight excluding hydrogens is 432 g/mol. The number of benzene rings is 1. The van der Waals surface area contributed by atoms with E-state index in [0.29, 0.717) is 11.6 Å². The lowest BCUT2D eigenvalue weighted by Crippen LogP contribution is -2.48. The fourth-order valence-corrected chi connectivity index (χ4v) is 5.28. The van der Waals surface area contributed by atoms with Gasteiger partial charge in [0.1, 0.15) is 11.4 Å². The summed E-state index contributed by atoms with van der Waals surface area (Å²) in [4.78, 5) is 16.4. The third-order valence-corrected chi connectivity index (χ3v) is 7.60. The number of carbonyl (C=O) groups is 1. The molecule has 0 spiro atoms. The van der Waals surface area contributed by atoms with Crippen LogP contribution in [-0.4, -0.2) is 46.8 Å². The van der Waals surface area contributed by atoms with Gasteiger partial charge in [-0.2, -0.15) is 0 Å². The van der Waals surface area contributed by atoms with Crippen molar-refractivity contribution in [3.63, 3.8) is 0 Å². The maximum atomic E-state index is 13.6. The molecule has 3 aromatic rings. The Balaban J connectivity index is 1.92. The summed E-state index contributed by atoms with van der Waals surface area (Å²) >= 11 is 1.69. The quantitative estimate of drug-likeness (QED) is 0.501. The second kappa shape index (κ2) is 8.99. The van der Waals surface area contributed by atoms with Gasteiger partial charge in [-0.25, -0.2) is 0 Å². The molecule has 0 bridgehead atoms. The summed E-state index contributed by atoms with van der Waals surface area (Å²) in [5.74, 6) is 1.38. The van der Waals surface area contributed by atoms with Crippen LogP contribution in [0.2, 0.25) is 0 Å². The van der Waals surface area contributed by atoms with Crippen molar-refractivity contribution < 1.29 is 14.6 Å². The monoisotopic (exact) mass is 466 g/mol. The number of aliphatic hydroxyl groups is 1. The average Bonchev–Trinajstić information content (AvgIpc) is 3.45. The third kappa shape index (κ3) is 4.22. The number of rotatable bonds is 7. The van der Waals surface area contributed by atoms with E-state index in [1.54, 1.807) is 30.4 Å². The molecule has 0 saturated carbocycles. The van der Waals surface area contributed by atoms with Crippen molar-refractivity contribution in [2.24, 2.45) is 5.92 Å². The van der Waals surface area contributed by atoms with Crippen LogP contribution in [0.25, 0.3) is 21.7 Å². The first kappa shape index (κ1) is 23.6. The Morgan fingerprint density at radius 2 is 2.03 bits per heavy atom. The molecule has 2 aromatic heterocycles. The number of aliphatic hydroxyl groups excluding tert-OH is 1. The number of fused-ring (bicyclic) bond motifs is 3. The zero-order chi connectivity index (χ0) is 23.9. The molecule has 1 aliphatic heterocycles. The predicted molar refractivity (Wildman–Crippen MR) is 135 cm³/mol. The van der Waals surface area contributed by atoms with E-state index in [4.69, 9.17) is 4.74 Å². The van der Waals surface area contributed by atoms with Crippen molar-refractivity contribution in [2.45, 2.75) is 52.6 Å². The van der Waals surface area contributed by atoms with Crippen LogP contribution in [0.5, 0.6) is 5.75 Å². The van der Waals surface area contributed by atoms with Gasteiger partial charge in [0.25, 0.3) is 5.91 Å². The molecule has 176 valence electrons. The minimum atomic E-state index is -0.644. The summed E-state index contributed by atoms with van der Waals surface area (Å²) in [6, 6.07) is 10.7. The van der Waals surface area contributed by atoms with E-state index in [1.807, 2.05) is 19.9 Å². The maximum Gasteiger partial charge on any atom is 0.270 e. The smallest absolute Gasteiger partial charge is 0.270 e. The number of carbonyl (C=O) groups excluding carboxylic acids is 1. The highest BCUT2D eigenvalue weighted by Gasteiger charge is 2.33. The van der Waals surface area contributed by atoms with Crippen molar-refractivity contribution >= 4 is 17.2 Å². The van der Waals surface area contributed by atoms with Gasteiger partial charge in [-0.05, 0) is 73.4 Å². The summed E-state index contributed by atoms with van der Waals surface area (Å²) in [6.07, 6.45) is 1.78. The first-order chi connectivity index (χ1) is 15.7. The molecule has 1 N–H and O–H groups in total. The highest BCUT2D eigenvalue weighted by molar-refractivity contribution is 7.13. The fourth-order valence-electron chi connectivity index (χ4n) is 4.54. The van der Waals surface area contributed by atoms with Crippen LogP contribution in [0.4, 0.5) is 0 Å². The summed E-state index contributed by atoms with van der Waals surface area (Å²) in [7, 11) is 3.51. The van der Waals surface area contributed by atoms with Crippen LogP contribution in [0.3, 0.4) is 0 Å². The van der Waals surface area contributed by atoms with Crippen LogP contribution < -0.4 is 4.74 Å². The average molecular weight is 467 g/mol. The third-order valence-electron chi connectivity index (χ3n) is 6.70. The second-order valence-electron chi connectivity index (χ2n) is 9.92. The predicted octanol–water partition coefficient (Wildman–Crippen LogP) is 5.49. The largest absolute Gasteiger partial charge is 0.496 e. The van der Waals surface area contributed by atoms with Gasteiger partial charge in [0, 0.05) is 29.6 Å². The van der Waals surface area contributed by atoms with Gasteiger partial charge < -0.3 is 19.3 Å². The van der Waals surface area contributed by atoms with Gasteiger partial charge >= 0.3 is 0 Å². The Labute approximate surface area is 200 Å². The van der Waals surface area contributed by atoms with E-state index in [1.165, 1.54) is 16.7 Å². The highest BCUT2D eigenvalue weighted by Crippen LogP contribution is 2.44. The van der Waals surface area contributed by atoms with E-state index in [2.05, 4.69) is 48.1 Å². The Kier molecular flexibility index (Phi) is 6.43. The molecular formula is C27H34N2O3S. The van der Waals surface area contributed by atoms with Gasteiger partial charge in [0.2, 0.25) is 0 Å². The molecule has 1 aromatic carbocycles. The number of hydrogen-bond acceptors (Lipinski definition) is 4. The van der Waals surface area contributed by atoms with E-state index >= 15 is 0 Å². The van der Waals surface area contributed by atoms with Gasteiger partial charge in [-0.15, -0.1) is 11.3 Å². The summed E-state index contributed by atoms with van der Waals surface area (Å²) in [6.45, 7) is 8.83. The Hall–Kier alpha value is -2.57. The zero-order valence-electron chi connectivity index (χ0n) is 20.4. The Bertz CT molecular complexity index is 1160. The van der Waals surface area contributed by atoms with Gasteiger partial charge in [-0.1, -0.05) is 19.9 Å². The molecule has 0 atom stereocenters. The number of thiophene rings is 1. The number of nitrogens with zero attached hydrogens (tertiary/aromatic N) is 2. The SMILES string of the molecule is COc1cc2c(cc1CC(C)C)-c1c(-c3cccs3)cc(C(=O)N(C)C(C)(C)CO)n1CC2. The van der Waals surface area contributed by atoms with Crippen molar-refractivity contribution in [2.75, 3.05) is 20.8 Å². The molecule has 6 heteroatoms. The Morgan fingerprint density at radius 1 is 1.27 bits per heavy atom. The van der Waals surface area contributed by atoms with Gasteiger partial charge in [0.05, 0.1) is 24.9 Å². The van der Waals surface area contributed by atoms with Crippen molar-refractivity contribution in [1.29, 1.82) is 0 Å². The molecule has 3 heterocycles. The molecule has 0 fully saturated rings. The van der Waals surface area contributed by atoms with Gasteiger partial charge in [-0.3, -0.25) is 4.79 Å². The second-order valence-corrected chi connectivity index (χ2v) is 10.9. The number of aromatic nitrogens is 1. The van der Waals surface area contributed by atoms with Crippen LogP contribution in [-0.2, 0) is 19.4 Å². The van der Waals surface area contributed by atoms with E-state index < -0.39 is 5.54 Å².